The molecule has 0 radical (unpaired) electrons. The van der Waals surface area contributed by atoms with Crippen LogP contribution in [0.5, 0.6) is 0 Å². The zero-order valence-electron chi connectivity index (χ0n) is 21.1. The first-order valence-electron chi connectivity index (χ1n) is 11.9. The first kappa shape index (κ1) is 27.1. The van der Waals surface area contributed by atoms with Crippen LogP contribution in [0.15, 0.2) is 91.0 Å². The van der Waals surface area contributed by atoms with E-state index in [0.29, 0.717) is 16.7 Å². The van der Waals surface area contributed by atoms with Crippen LogP contribution >= 0.6 is 0 Å². The van der Waals surface area contributed by atoms with Gasteiger partial charge in [-0.25, -0.2) is 4.79 Å². The van der Waals surface area contributed by atoms with Crippen LogP contribution in [0.1, 0.15) is 47.3 Å². The molecule has 0 aliphatic heterocycles. The minimum atomic E-state index is -0.862. The van der Waals surface area contributed by atoms with Crippen molar-refractivity contribution in [2.24, 2.45) is 0 Å². The number of hydrogen-bond acceptors (Lipinski definition) is 5. The van der Waals surface area contributed by atoms with Crippen LogP contribution in [0.2, 0.25) is 0 Å². The van der Waals surface area contributed by atoms with E-state index in [-0.39, 0.29) is 18.2 Å². The van der Waals surface area contributed by atoms with Crippen molar-refractivity contribution in [3.05, 3.63) is 108 Å². The van der Waals surface area contributed by atoms with Crippen molar-refractivity contribution in [1.29, 1.82) is 0 Å². The highest BCUT2D eigenvalue weighted by molar-refractivity contribution is 6.35. The number of esters is 1. The van der Waals surface area contributed by atoms with E-state index >= 15 is 0 Å². The molecule has 0 heterocycles. The standard InChI is InChI=1S/C30H30N2O5/c1-19(23-16-9-12-22-11-5-6-14-25(22)23)20(2)28(34)26-15-8-7-13-24(26)21(3)32-30(36)29(35)31-18-10-17-27(33)37-4/h5-17,19,21H,2,18H2,1,3-4H3,(H,31,35)(H,32,36)/b17-10+/t19-,21?/m0/s1. The van der Waals surface area contributed by atoms with Gasteiger partial charge in [0.25, 0.3) is 0 Å². The van der Waals surface area contributed by atoms with Gasteiger partial charge in [-0.1, -0.05) is 86.3 Å². The topological polar surface area (TPSA) is 102 Å². The summed E-state index contributed by atoms with van der Waals surface area (Å²) in [4.78, 5) is 49.2. The fraction of sp³-hybridized carbons (Fsp3) is 0.200. The van der Waals surface area contributed by atoms with Gasteiger partial charge in [0.05, 0.1) is 13.2 Å². The van der Waals surface area contributed by atoms with E-state index in [0.717, 1.165) is 22.4 Å². The van der Waals surface area contributed by atoms with Gasteiger partial charge >= 0.3 is 17.8 Å². The highest BCUT2D eigenvalue weighted by Gasteiger charge is 2.24. The van der Waals surface area contributed by atoms with Crippen LogP contribution in [0.25, 0.3) is 10.8 Å². The highest BCUT2D eigenvalue weighted by Crippen LogP contribution is 2.32. The first-order chi connectivity index (χ1) is 17.7. The lowest BCUT2D eigenvalue weighted by atomic mass is 9.84. The van der Waals surface area contributed by atoms with Gasteiger partial charge in [-0.05, 0) is 28.8 Å². The Bertz CT molecular complexity index is 1370. The van der Waals surface area contributed by atoms with Gasteiger partial charge < -0.3 is 15.4 Å². The molecule has 7 nitrogen and oxygen atoms in total. The molecule has 2 atom stereocenters. The molecule has 7 heteroatoms. The lowest BCUT2D eigenvalue weighted by Crippen LogP contribution is -2.41. The molecule has 37 heavy (non-hydrogen) atoms. The van der Waals surface area contributed by atoms with Crippen molar-refractivity contribution >= 4 is 34.3 Å². The molecule has 0 aliphatic carbocycles. The molecule has 0 spiro atoms. The Morgan fingerprint density at radius 1 is 0.892 bits per heavy atom. The molecule has 0 aliphatic rings. The van der Waals surface area contributed by atoms with Crippen molar-refractivity contribution in [1.82, 2.24) is 10.6 Å². The molecular formula is C30H30N2O5. The number of amides is 2. The summed E-state index contributed by atoms with van der Waals surface area (Å²) in [6.07, 6.45) is 2.52. The van der Waals surface area contributed by atoms with Gasteiger partial charge in [0.2, 0.25) is 0 Å². The SMILES string of the molecule is C=C(C(=O)c1ccccc1C(C)NC(=O)C(=O)NC/C=C/C(=O)OC)[C@H](C)c1cccc2ccccc12. The summed E-state index contributed by atoms with van der Waals surface area (Å²) in [5, 5.41) is 7.17. The molecule has 0 bridgehead atoms. The lowest BCUT2D eigenvalue weighted by molar-refractivity contribution is -0.139. The maximum atomic E-state index is 13.6. The predicted molar refractivity (Wildman–Crippen MR) is 143 cm³/mol. The number of ketones is 1. The molecule has 0 aromatic heterocycles. The van der Waals surface area contributed by atoms with E-state index in [2.05, 4.69) is 21.9 Å². The monoisotopic (exact) mass is 498 g/mol. The zero-order valence-corrected chi connectivity index (χ0v) is 21.1. The summed E-state index contributed by atoms with van der Waals surface area (Å²) in [5.74, 6) is -2.75. The van der Waals surface area contributed by atoms with E-state index in [4.69, 9.17) is 0 Å². The quantitative estimate of drug-likeness (QED) is 0.197. The van der Waals surface area contributed by atoms with Crippen LogP contribution in [0.3, 0.4) is 0 Å². The van der Waals surface area contributed by atoms with Crippen LogP contribution < -0.4 is 10.6 Å². The maximum Gasteiger partial charge on any atom is 0.330 e. The number of allylic oxidation sites excluding steroid dienone is 1. The molecule has 2 amide bonds. The fourth-order valence-electron chi connectivity index (χ4n) is 4.06. The third kappa shape index (κ3) is 6.58. The predicted octanol–water partition coefficient (Wildman–Crippen LogP) is 4.41. The van der Waals surface area contributed by atoms with Gasteiger partial charge in [-0.2, -0.15) is 0 Å². The average molecular weight is 499 g/mol. The van der Waals surface area contributed by atoms with Crippen molar-refractivity contribution in [2.75, 3.05) is 13.7 Å². The van der Waals surface area contributed by atoms with E-state index < -0.39 is 23.8 Å². The summed E-state index contributed by atoms with van der Waals surface area (Å²) in [6.45, 7) is 7.76. The number of fused-ring (bicyclic) bond motifs is 1. The minimum Gasteiger partial charge on any atom is -0.466 e. The second-order valence-electron chi connectivity index (χ2n) is 8.56. The summed E-state index contributed by atoms with van der Waals surface area (Å²) in [6, 6.07) is 20.3. The molecule has 3 rings (SSSR count). The number of hydrogen-bond donors (Lipinski definition) is 2. The number of rotatable bonds is 9. The maximum absolute atomic E-state index is 13.6. The van der Waals surface area contributed by atoms with Gasteiger partial charge in [0, 0.05) is 29.7 Å². The second-order valence-corrected chi connectivity index (χ2v) is 8.56. The first-order valence-corrected chi connectivity index (χ1v) is 11.9. The fourth-order valence-corrected chi connectivity index (χ4v) is 4.06. The Kier molecular flexibility index (Phi) is 9.11. The van der Waals surface area contributed by atoms with E-state index in [9.17, 15) is 19.2 Å². The van der Waals surface area contributed by atoms with Crippen molar-refractivity contribution < 1.29 is 23.9 Å². The summed E-state index contributed by atoms with van der Waals surface area (Å²) < 4.78 is 4.46. The third-order valence-electron chi connectivity index (χ3n) is 6.17. The lowest BCUT2D eigenvalue weighted by Gasteiger charge is -2.20. The largest absolute Gasteiger partial charge is 0.466 e. The van der Waals surface area contributed by atoms with Crippen LogP contribution in [-0.2, 0) is 19.1 Å². The molecule has 2 N–H and O–H groups in total. The van der Waals surface area contributed by atoms with Gasteiger partial charge in [0.15, 0.2) is 5.78 Å². The Balaban J connectivity index is 1.73. The van der Waals surface area contributed by atoms with Gasteiger partial charge in [0.1, 0.15) is 0 Å². The summed E-state index contributed by atoms with van der Waals surface area (Å²) in [7, 11) is 1.24. The number of carbonyl (C=O) groups is 4. The minimum absolute atomic E-state index is 0.0172. The van der Waals surface area contributed by atoms with Crippen LogP contribution in [-0.4, -0.2) is 37.2 Å². The highest BCUT2D eigenvalue weighted by atomic mass is 16.5. The Morgan fingerprint density at radius 2 is 1.54 bits per heavy atom. The molecule has 0 fully saturated rings. The molecule has 1 unspecified atom stereocenters. The third-order valence-corrected chi connectivity index (χ3v) is 6.17. The molecule has 190 valence electrons. The number of ether oxygens (including phenoxy) is 1. The molecule has 0 saturated heterocycles. The van der Waals surface area contributed by atoms with Crippen LogP contribution in [0.4, 0.5) is 0 Å². The van der Waals surface area contributed by atoms with Crippen molar-refractivity contribution in [2.45, 2.75) is 25.8 Å². The molecule has 3 aromatic carbocycles. The number of Topliss-reactive ketones (excluding diaryl/α,β-unsaturated/α-hetero) is 1. The summed E-state index contributed by atoms with van der Waals surface area (Å²) >= 11 is 0. The number of methoxy groups -OCH3 is 1. The molecule has 3 aromatic rings. The van der Waals surface area contributed by atoms with Gasteiger partial charge in [-0.15, -0.1) is 0 Å². The number of nitrogens with one attached hydrogen (secondary N) is 2. The smallest absolute Gasteiger partial charge is 0.330 e. The Labute approximate surface area is 216 Å². The second kappa shape index (κ2) is 12.4. The normalized spacial score (nSPS) is 12.5. The summed E-state index contributed by atoms with van der Waals surface area (Å²) in [5.41, 5.74) is 2.42. The van der Waals surface area contributed by atoms with Crippen molar-refractivity contribution in [3.8, 4) is 0 Å². The van der Waals surface area contributed by atoms with Crippen molar-refractivity contribution in [3.63, 3.8) is 0 Å². The average Bonchev–Trinajstić information content (AvgIpc) is 2.93. The molecule has 0 saturated carbocycles. The van der Waals surface area contributed by atoms with E-state index in [1.807, 2.05) is 49.4 Å². The zero-order chi connectivity index (χ0) is 26.9. The Morgan fingerprint density at radius 3 is 2.30 bits per heavy atom. The van der Waals surface area contributed by atoms with Crippen LogP contribution in [0, 0.1) is 0 Å². The number of carbonyl (C=O) groups excluding carboxylic acids is 4. The van der Waals surface area contributed by atoms with E-state index in [1.165, 1.54) is 13.2 Å². The van der Waals surface area contributed by atoms with Gasteiger partial charge in [-0.3, -0.25) is 14.4 Å². The Hall–Kier alpha value is -4.52. The number of benzene rings is 3. The molecular weight excluding hydrogens is 468 g/mol. The van der Waals surface area contributed by atoms with E-state index in [1.54, 1.807) is 31.2 Å².